The molecule has 1 atom stereocenters. The van der Waals surface area contributed by atoms with Gasteiger partial charge in [-0.25, -0.2) is 9.07 Å². The van der Waals surface area contributed by atoms with Crippen LogP contribution in [0.15, 0.2) is 65.6 Å². The fourth-order valence-corrected chi connectivity index (χ4v) is 10.3. The molecule has 1 aliphatic carbocycles. The molecule has 3 aliphatic heterocycles. The zero-order valence-electron chi connectivity index (χ0n) is 34.3. The number of halogens is 2. The molecule has 1 saturated carbocycles. The molecule has 0 radical (unpaired) electrons. The van der Waals surface area contributed by atoms with Gasteiger partial charge >= 0.3 is 0 Å². The van der Waals surface area contributed by atoms with E-state index in [1.807, 2.05) is 39.8 Å². The minimum Gasteiger partial charge on any atom is -0.489 e. The molecule has 1 aromatic heterocycles. The topological polar surface area (TPSA) is 153 Å². The summed E-state index contributed by atoms with van der Waals surface area (Å²) in [5.41, 5.74) is 0.943. The van der Waals surface area contributed by atoms with Gasteiger partial charge < -0.3 is 19.9 Å². The zero-order valence-corrected chi connectivity index (χ0v) is 35.1. The second kappa shape index (κ2) is 16.2. The third-order valence-electron chi connectivity index (χ3n) is 13.1. The molecule has 2 N–H and O–H groups in total. The van der Waals surface area contributed by atoms with Crippen molar-refractivity contribution in [2.75, 3.05) is 55.6 Å². The first-order valence-corrected chi connectivity index (χ1v) is 21.1. The molecule has 3 saturated heterocycles. The van der Waals surface area contributed by atoms with Crippen LogP contribution in [0.25, 0.3) is 10.8 Å². The summed E-state index contributed by atoms with van der Waals surface area (Å²) in [5.74, 6) is -0.534. The van der Waals surface area contributed by atoms with Gasteiger partial charge in [0.05, 0.1) is 27.9 Å². The number of hydrogen-bond donors (Lipinski definition) is 2. The number of piperidine rings is 2. The number of amides is 3. The number of rotatable bonds is 9. The predicted octanol–water partition coefficient (Wildman–Crippen LogP) is 5.69. The largest absolute Gasteiger partial charge is 0.489 e. The second-order valence-electron chi connectivity index (χ2n) is 17.8. The van der Waals surface area contributed by atoms with Crippen molar-refractivity contribution in [2.45, 2.75) is 71.6 Å². The van der Waals surface area contributed by atoms with E-state index in [1.165, 1.54) is 10.7 Å². The number of ether oxygens (including phenoxy) is 1. The lowest BCUT2D eigenvalue weighted by atomic mass is 9.49. The van der Waals surface area contributed by atoms with E-state index < -0.39 is 28.6 Å². The first-order valence-electron chi connectivity index (χ1n) is 20.7. The van der Waals surface area contributed by atoms with Crippen molar-refractivity contribution in [3.05, 3.63) is 93.1 Å². The first-order chi connectivity index (χ1) is 28.6. The summed E-state index contributed by atoms with van der Waals surface area (Å²) in [5, 5.41) is 20.5. The van der Waals surface area contributed by atoms with E-state index in [-0.39, 0.29) is 47.9 Å². The number of aromatic nitrogens is 2. The maximum atomic E-state index is 15.7. The number of fused-ring (bicyclic) bond motifs is 1. The lowest BCUT2D eigenvalue weighted by Crippen LogP contribution is -2.74. The Bertz CT molecular complexity index is 2430. The van der Waals surface area contributed by atoms with Gasteiger partial charge in [-0.1, -0.05) is 39.3 Å². The molecule has 4 fully saturated rings. The van der Waals surface area contributed by atoms with Gasteiger partial charge in [0.2, 0.25) is 5.91 Å². The van der Waals surface area contributed by atoms with E-state index in [4.69, 9.17) is 16.3 Å². The summed E-state index contributed by atoms with van der Waals surface area (Å²) in [4.78, 5) is 57.6. The van der Waals surface area contributed by atoms with Crippen LogP contribution < -0.4 is 30.7 Å². The van der Waals surface area contributed by atoms with Crippen LogP contribution in [0.3, 0.4) is 0 Å². The monoisotopic (exact) mass is 836 g/mol. The number of carbonyl (C=O) groups is 3. The molecular weight excluding hydrogens is 787 g/mol. The Morgan fingerprint density at radius 2 is 1.68 bits per heavy atom. The molecule has 4 aliphatic rings. The fourth-order valence-electron chi connectivity index (χ4n) is 10.1. The van der Waals surface area contributed by atoms with Crippen molar-refractivity contribution in [1.29, 1.82) is 5.26 Å². The molecule has 314 valence electrons. The summed E-state index contributed by atoms with van der Waals surface area (Å²) in [6, 6.07) is 16.5. The normalized spacial score (nSPS) is 23.1. The quantitative estimate of drug-likeness (QED) is 0.201. The number of imide groups is 1. The van der Waals surface area contributed by atoms with Crippen LogP contribution in [-0.4, -0.2) is 90.4 Å². The fraction of sp³-hybridized carbons (Fsp3) is 0.467. The molecule has 3 aromatic carbocycles. The zero-order chi connectivity index (χ0) is 42.5. The van der Waals surface area contributed by atoms with Gasteiger partial charge in [-0.3, -0.25) is 29.4 Å². The minimum atomic E-state index is -0.799. The van der Waals surface area contributed by atoms with Crippen LogP contribution in [0.1, 0.15) is 75.3 Å². The van der Waals surface area contributed by atoms with E-state index in [2.05, 4.69) is 36.5 Å². The Balaban J connectivity index is 0.808. The molecule has 15 heteroatoms. The summed E-state index contributed by atoms with van der Waals surface area (Å²) in [7, 11) is 0. The number of nitrogens with one attached hydrogen (secondary N) is 2. The average Bonchev–Trinajstić information content (AvgIpc) is 3.22. The van der Waals surface area contributed by atoms with Crippen LogP contribution in [0.5, 0.6) is 5.75 Å². The van der Waals surface area contributed by atoms with Crippen LogP contribution in [0.2, 0.25) is 5.02 Å². The highest BCUT2D eigenvalue weighted by molar-refractivity contribution is 6.31. The number of hydrogen-bond acceptors (Lipinski definition) is 10. The molecular formula is C45H50ClFN8O5. The van der Waals surface area contributed by atoms with Crippen LogP contribution in [0.4, 0.5) is 15.8 Å². The first kappa shape index (κ1) is 41.2. The van der Waals surface area contributed by atoms with Crippen molar-refractivity contribution < 1.29 is 23.5 Å². The Kier molecular flexibility index (Phi) is 11.1. The number of nitriles is 1. The predicted molar refractivity (Wildman–Crippen MR) is 227 cm³/mol. The Labute approximate surface area is 353 Å². The molecule has 4 aromatic rings. The third-order valence-corrected chi connectivity index (χ3v) is 13.5. The lowest BCUT2D eigenvalue weighted by molar-refractivity contribution is -0.164. The number of nitrogens with zero attached hydrogens (tertiary/aromatic N) is 6. The molecule has 0 bridgehead atoms. The van der Waals surface area contributed by atoms with Crippen LogP contribution in [-0.2, 0) is 9.59 Å². The van der Waals surface area contributed by atoms with Crippen molar-refractivity contribution >= 4 is 51.5 Å². The second-order valence-corrected chi connectivity index (χ2v) is 18.2. The standard InChI is InChI=1S/C45H50ClFN8O5/c1-44(2)42(45(3,4)43(44)60-32-8-5-29(24-48)34(46)23-32)51-39(57)28-6-10-36(35(47)22-28)54-15-13-27(14-16-54)26-52-17-19-53(20-18-52)31-7-9-33-30(21-31)25-49-55(41(33)59)37-11-12-38(56)50-40(37)58/h5-10,21-23,25,27,37,42-43H,11-20,26H2,1-4H3,(H,51,57)(H,50,56,58). The minimum absolute atomic E-state index is 0.170. The van der Waals surface area contributed by atoms with Crippen LogP contribution in [0, 0.1) is 33.9 Å². The van der Waals surface area contributed by atoms with E-state index in [0.29, 0.717) is 38.7 Å². The van der Waals surface area contributed by atoms with Gasteiger partial charge in [0.1, 0.15) is 29.8 Å². The average molecular weight is 837 g/mol. The van der Waals surface area contributed by atoms with Gasteiger partial charge in [-0.05, 0) is 73.7 Å². The summed E-state index contributed by atoms with van der Waals surface area (Å²) in [6.45, 7) is 14.1. The maximum Gasteiger partial charge on any atom is 0.275 e. The third kappa shape index (κ3) is 7.81. The van der Waals surface area contributed by atoms with Crippen molar-refractivity contribution in [2.24, 2.45) is 16.7 Å². The summed E-state index contributed by atoms with van der Waals surface area (Å²) < 4.78 is 23.2. The molecule has 3 amide bonds. The Hall–Kier alpha value is -5.52. The number of carbonyl (C=O) groups excluding carboxylic acids is 3. The van der Waals surface area contributed by atoms with E-state index in [9.17, 15) is 24.4 Å². The van der Waals surface area contributed by atoms with Gasteiger partial charge in [-0.15, -0.1) is 0 Å². The number of anilines is 2. The maximum absolute atomic E-state index is 15.7. The van der Waals surface area contributed by atoms with E-state index in [0.717, 1.165) is 64.3 Å². The molecule has 4 heterocycles. The van der Waals surface area contributed by atoms with Gasteiger partial charge in [0.15, 0.2) is 0 Å². The van der Waals surface area contributed by atoms with Gasteiger partial charge in [0, 0.05) is 91.8 Å². The Morgan fingerprint density at radius 1 is 0.950 bits per heavy atom. The SMILES string of the molecule is CC1(C)C(NC(=O)c2ccc(N3CCC(CN4CCN(c5ccc6c(=O)n(C7CCC(=O)NC7=O)ncc6c5)CC4)CC3)c(F)c2)C(C)(C)C1Oc1ccc(C#N)c(Cl)c1. The van der Waals surface area contributed by atoms with Gasteiger partial charge in [-0.2, -0.15) is 10.4 Å². The number of benzene rings is 3. The van der Waals surface area contributed by atoms with E-state index >= 15 is 4.39 Å². The highest BCUT2D eigenvalue weighted by Gasteiger charge is 2.64. The highest BCUT2D eigenvalue weighted by Crippen LogP contribution is 2.55. The van der Waals surface area contributed by atoms with Crippen molar-refractivity contribution in [3.8, 4) is 11.8 Å². The van der Waals surface area contributed by atoms with Crippen molar-refractivity contribution in [1.82, 2.24) is 25.3 Å². The molecule has 13 nitrogen and oxygen atoms in total. The summed E-state index contributed by atoms with van der Waals surface area (Å²) in [6.07, 6.45) is 3.67. The summed E-state index contributed by atoms with van der Waals surface area (Å²) >= 11 is 6.24. The Morgan fingerprint density at radius 3 is 2.35 bits per heavy atom. The number of piperazine rings is 1. The molecule has 8 rings (SSSR count). The molecule has 1 unspecified atom stereocenters. The molecule has 60 heavy (non-hydrogen) atoms. The lowest BCUT2D eigenvalue weighted by Gasteiger charge is -2.63. The van der Waals surface area contributed by atoms with Crippen LogP contribution >= 0.6 is 11.6 Å². The van der Waals surface area contributed by atoms with Gasteiger partial charge in [0.25, 0.3) is 17.4 Å². The van der Waals surface area contributed by atoms with Crippen molar-refractivity contribution in [3.63, 3.8) is 0 Å². The van der Waals surface area contributed by atoms with E-state index in [1.54, 1.807) is 42.6 Å². The molecule has 0 spiro atoms. The highest BCUT2D eigenvalue weighted by atomic mass is 35.5. The smallest absolute Gasteiger partial charge is 0.275 e.